The molecule has 126 valence electrons. The molecule has 0 bridgehead atoms. The summed E-state index contributed by atoms with van der Waals surface area (Å²) in [5, 5.41) is 22.3. The summed E-state index contributed by atoms with van der Waals surface area (Å²) >= 11 is 0. The highest BCUT2D eigenvalue weighted by Crippen LogP contribution is 2.13. The van der Waals surface area contributed by atoms with Crippen molar-refractivity contribution in [3.05, 3.63) is 0 Å². The number of aliphatic carboxylic acids is 3. The first kappa shape index (κ1) is 24.0. The van der Waals surface area contributed by atoms with Gasteiger partial charge in [0.2, 0.25) is 0 Å². The highest BCUT2D eigenvalue weighted by Gasteiger charge is 2.38. The number of hydrogen-bond acceptors (Lipinski definition) is 3. The number of rotatable bonds is 3. The van der Waals surface area contributed by atoms with E-state index < -0.39 is 30.3 Å². The van der Waals surface area contributed by atoms with E-state index in [1.165, 1.54) is 0 Å². The van der Waals surface area contributed by atoms with E-state index in [2.05, 4.69) is 0 Å². The largest absolute Gasteiger partial charge is 0.490 e. The lowest BCUT2D eigenvalue weighted by molar-refractivity contribution is -0.193. The normalized spacial score (nSPS) is 10.4. The van der Waals surface area contributed by atoms with Gasteiger partial charge in [-0.1, -0.05) is 13.3 Å². The van der Waals surface area contributed by atoms with E-state index in [0.717, 1.165) is 12.8 Å². The molecule has 0 aliphatic rings. The van der Waals surface area contributed by atoms with E-state index >= 15 is 0 Å². The summed E-state index contributed by atoms with van der Waals surface area (Å²) < 4.78 is 63.5. The number of unbranched alkanes of at least 4 members (excludes halogenated alkanes) is 1. The van der Waals surface area contributed by atoms with Crippen LogP contribution in [0.1, 0.15) is 26.2 Å². The van der Waals surface area contributed by atoms with Gasteiger partial charge in [0.05, 0.1) is 0 Å². The zero-order chi connectivity index (χ0) is 17.9. The smallest absolute Gasteiger partial charge is 0.481 e. The minimum absolute atomic E-state index is 0.316. The number of alkyl halides is 6. The van der Waals surface area contributed by atoms with Gasteiger partial charge in [-0.3, -0.25) is 4.79 Å². The van der Waals surface area contributed by atoms with E-state index in [0.29, 0.717) is 6.42 Å². The van der Waals surface area contributed by atoms with Crippen LogP contribution in [-0.2, 0) is 14.4 Å². The molecule has 3 N–H and O–H groups in total. The maximum atomic E-state index is 10.6. The molecular weight excluding hydrogens is 318 g/mol. The van der Waals surface area contributed by atoms with Gasteiger partial charge in [0.1, 0.15) is 0 Å². The molecule has 0 saturated carbocycles. The van der Waals surface area contributed by atoms with Gasteiger partial charge >= 0.3 is 30.3 Å². The highest BCUT2D eigenvalue weighted by atomic mass is 19.4. The summed E-state index contributed by atoms with van der Waals surface area (Å²) in [5.74, 6) is -6.21. The van der Waals surface area contributed by atoms with Gasteiger partial charge in [0.25, 0.3) is 0 Å². The minimum Gasteiger partial charge on any atom is -0.481 e. The van der Waals surface area contributed by atoms with Crippen LogP contribution < -0.4 is 0 Å². The summed E-state index contributed by atoms with van der Waals surface area (Å²) in [4.78, 5) is 27.5. The summed E-state index contributed by atoms with van der Waals surface area (Å²) in [7, 11) is 0. The molecule has 0 radical (unpaired) electrons. The van der Waals surface area contributed by atoms with E-state index in [1.807, 2.05) is 6.92 Å². The highest BCUT2D eigenvalue weighted by molar-refractivity contribution is 5.73. The van der Waals surface area contributed by atoms with Crippen LogP contribution >= 0.6 is 0 Å². The van der Waals surface area contributed by atoms with Gasteiger partial charge in [0.15, 0.2) is 0 Å². The van der Waals surface area contributed by atoms with Crippen molar-refractivity contribution in [2.45, 2.75) is 38.5 Å². The van der Waals surface area contributed by atoms with Crippen molar-refractivity contribution in [2.75, 3.05) is 0 Å². The fourth-order valence-corrected chi connectivity index (χ4v) is 0.328. The number of carboxylic acid groups (broad SMARTS) is 3. The second kappa shape index (κ2) is 10.7. The molecule has 0 aliphatic carbocycles. The summed E-state index contributed by atoms with van der Waals surface area (Å²) in [6.07, 6.45) is -8.09. The third-order valence-electron chi connectivity index (χ3n) is 1.23. The monoisotopic (exact) mass is 330 g/mol. The number of halogens is 6. The predicted octanol–water partition coefficient (Wildman–Crippen LogP) is 2.53. The fraction of sp³-hybridized carbons (Fsp3) is 0.667. The van der Waals surface area contributed by atoms with Gasteiger partial charge in [-0.25, -0.2) is 9.59 Å². The Labute approximate surface area is 114 Å². The lowest BCUT2D eigenvalue weighted by Crippen LogP contribution is -2.21. The number of carboxylic acids is 3. The zero-order valence-electron chi connectivity index (χ0n) is 10.5. The summed E-state index contributed by atoms with van der Waals surface area (Å²) in [6.45, 7) is 1.98. The van der Waals surface area contributed by atoms with E-state index in [9.17, 15) is 31.1 Å². The Hall–Kier alpha value is -2.01. The van der Waals surface area contributed by atoms with Gasteiger partial charge < -0.3 is 15.3 Å². The van der Waals surface area contributed by atoms with Gasteiger partial charge in [-0.15, -0.1) is 0 Å². The molecule has 0 heterocycles. The first-order valence-electron chi connectivity index (χ1n) is 4.98. The third kappa shape index (κ3) is 23.5. The molecule has 0 aromatic rings. The maximum Gasteiger partial charge on any atom is 0.490 e. The third-order valence-corrected chi connectivity index (χ3v) is 1.23. The fourth-order valence-electron chi connectivity index (χ4n) is 0.328. The van der Waals surface area contributed by atoms with Gasteiger partial charge in [-0.2, -0.15) is 26.3 Å². The predicted molar refractivity (Wildman–Crippen MR) is 54.5 cm³/mol. The summed E-state index contributed by atoms with van der Waals surface area (Å²) in [6, 6.07) is 0. The molecule has 0 unspecified atom stereocenters. The van der Waals surface area contributed by atoms with Crippen LogP contribution in [0.2, 0.25) is 0 Å². The molecule has 0 spiro atoms. The van der Waals surface area contributed by atoms with Gasteiger partial charge in [-0.05, 0) is 6.42 Å². The minimum atomic E-state index is -5.08. The molecule has 0 fully saturated rings. The molecule has 0 amide bonds. The molecule has 12 heteroatoms. The lowest BCUT2D eigenvalue weighted by Gasteiger charge is -1.93. The molecule has 0 aliphatic heterocycles. The van der Waals surface area contributed by atoms with Crippen molar-refractivity contribution in [3.63, 3.8) is 0 Å². The Balaban J connectivity index is -0.000000231. The van der Waals surface area contributed by atoms with Crippen LogP contribution in [0.3, 0.4) is 0 Å². The van der Waals surface area contributed by atoms with Crippen LogP contribution in [-0.4, -0.2) is 45.6 Å². The second-order valence-electron chi connectivity index (χ2n) is 3.10. The Kier molecular flexibility index (Phi) is 12.3. The average Bonchev–Trinajstić information content (AvgIpc) is 2.25. The number of carbonyl (C=O) groups is 3. The van der Waals surface area contributed by atoms with Crippen LogP contribution in [0.4, 0.5) is 26.3 Å². The molecule has 0 atom stereocenters. The first-order valence-corrected chi connectivity index (χ1v) is 4.98. The molecule has 0 aromatic heterocycles. The average molecular weight is 330 g/mol. The molecule has 0 rings (SSSR count). The Morgan fingerprint density at radius 2 is 1.05 bits per heavy atom. The summed E-state index contributed by atoms with van der Waals surface area (Å²) in [5.41, 5.74) is 0. The lowest BCUT2D eigenvalue weighted by atomic mass is 10.3. The van der Waals surface area contributed by atoms with Crippen molar-refractivity contribution in [3.8, 4) is 0 Å². The van der Waals surface area contributed by atoms with Crippen molar-refractivity contribution in [1.82, 2.24) is 0 Å². The Morgan fingerprint density at radius 3 is 1.10 bits per heavy atom. The van der Waals surface area contributed by atoms with Crippen molar-refractivity contribution in [1.29, 1.82) is 0 Å². The van der Waals surface area contributed by atoms with Crippen LogP contribution in [0.5, 0.6) is 0 Å². The van der Waals surface area contributed by atoms with Crippen molar-refractivity contribution >= 4 is 17.9 Å². The first-order chi connectivity index (χ1) is 9.16. The van der Waals surface area contributed by atoms with E-state index in [4.69, 9.17) is 24.9 Å². The SMILES string of the molecule is CCCCC(=O)O.O=C(O)C(F)(F)F.O=C(O)C(F)(F)F. The Bertz CT molecular complexity index is 311. The standard InChI is InChI=1S/C5H10O2.2C2HF3O2/c1-2-3-4-5(6)7;2*3-2(4,5)1(6)7/h2-4H2,1H3,(H,6,7);2*(H,6,7). The molecular formula is C9H12F6O6. The molecule has 6 nitrogen and oxygen atoms in total. The number of hydrogen-bond donors (Lipinski definition) is 3. The van der Waals surface area contributed by atoms with Crippen LogP contribution in [0.15, 0.2) is 0 Å². The van der Waals surface area contributed by atoms with E-state index in [-0.39, 0.29) is 0 Å². The topological polar surface area (TPSA) is 112 Å². The maximum absolute atomic E-state index is 10.6. The molecule has 21 heavy (non-hydrogen) atoms. The van der Waals surface area contributed by atoms with E-state index in [1.54, 1.807) is 0 Å². The molecule has 0 saturated heterocycles. The second-order valence-corrected chi connectivity index (χ2v) is 3.10. The zero-order valence-corrected chi connectivity index (χ0v) is 10.5. The van der Waals surface area contributed by atoms with Gasteiger partial charge in [0, 0.05) is 6.42 Å². The van der Waals surface area contributed by atoms with Crippen LogP contribution in [0.25, 0.3) is 0 Å². The molecule has 0 aromatic carbocycles. The van der Waals surface area contributed by atoms with Crippen molar-refractivity contribution < 1.29 is 56.0 Å². The quantitative estimate of drug-likeness (QED) is 0.686. The van der Waals surface area contributed by atoms with Crippen molar-refractivity contribution in [2.24, 2.45) is 0 Å². The van der Waals surface area contributed by atoms with Crippen LogP contribution in [0, 0.1) is 0 Å². The Morgan fingerprint density at radius 1 is 0.810 bits per heavy atom.